The Labute approximate surface area is 220 Å². The number of rotatable bonds is 12. The van der Waals surface area contributed by atoms with E-state index in [4.69, 9.17) is 0 Å². The number of nitrogens with one attached hydrogen (secondary N) is 2. The van der Waals surface area contributed by atoms with Gasteiger partial charge in [-0.2, -0.15) is 0 Å². The summed E-state index contributed by atoms with van der Waals surface area (Å²) >= 11 is 1.23. The van der Waals surface area contributed by atoms with Crippen LogP contribution in [0.3, 0.4) is 0 Å². The molecule has 3 amide bonds. The summed E-state index contributed by atoms with van der Waals surface area (Å²) in [5, 5.41) is 18.6. The van der Waals surface area contributed by atoms with Crippen LogP contribution in [0, 0.1) is 11.8 Å². The second-order valence-electron chi connectivity index (χ2n) is 10.2. The maximum absolute atomic E-state index is 13.8. The number of amides is 3. The predicted octanol–water partition coefficient (Wildman–Crippen LogP) is 2.81. The molecule has 1 aliphatic rings. The van der Waals surface area contributed by atoms with E-state index in [1.807, 2.05) is 34.7 Å². The SMILES string of the molecule is CCC(CC)[C@H](NC(=O)[C@H]1CCCCN1C)C(=O)N(C)[C@H](CC(O)c1nc(C(=O)NC)cs1)C(C)C. The van der Waals surface area contributed by atoms with Crippen LogP contribution < -0.4 is 10.6 Å². The number of carbonyl (C=O) groups is 3. The Morgan fingerprint density at radius 3 is 2.47 bits per heavy atom. The van der Waals surface area contributed by atoms with Crippen LogP contribution >= 0.6 is 11.3 Å². The Kier molecular flexibility index (Phi) is 11.8. The summed E-state index contributed by atoms with van der Waals surface area (Å²) in [6, 6.07) is -1.10. The van der Waals surface area contributed by atoms with Crippen molar-refractivity contribution >= 4 is 29.1 Å². The highest BCUT2D eigenvalue weighted by Gasteiger charge is 2.37. The van der Waals surface area contributed by atoms with Crippen molar-refractivity contribution < 1.29 is 19.5 Å². The van der Waals surface area contributed by atoms with Crippen LogP contribution in [-0.4, -0.2) is 83.4 Å². The van der Waals surface area contributed by atoms with Crippen LogP contribution in [0.5, 0.6) is 0 Å². The summed E-state index contributed by atoms with van der Waals surface area (Å²) in [5.41, 5.74) is 0.270. The third-order valence-electron chi connectivity index (χ3n) is 7.50. The van der Waals surface area contributed by atoms with E-state index in [1.165, 1.54) is 18.4 Å². The van der Waals surface area contributed by atoms with Crippen molar-refractivity contribution in [2.24, 2.45) is 11.8 Å². The van der Waals surface area contributed by atoms with E-state index >= 15 is 0 Å². The number of aromatic nitrogens is 1. The number of nitrogens with zero attached hydrogens (tertiary/aromatic N) is 3. The molecule has 1 fully saturated rings. The van der Waals surface area contributed by atoms with Gasteiger partial charge in [-0.05, 0) is 38.3 Å². The summed E-state index contributed by atoms with van der Waals surface area (Å²) < 4.78 is 0. The molecule has 4 atom stereocenters. The Bertz CT molecular complexity index is 872. The number of hydrogen-bond donors (Lipinski definition) is 3. The Morgan fingerprint density at radius 1 is 1.25 bits per heavy atom. The number of piperidine rings is 1. The van der Waals surface area contributed by atoms with Crippen LogP contribution in [0.15, 0.2) is 5.38 Å². The molecule has 2 heterocycles. The van der Waals surface area contributed by atoms with Crippen molar-refractivity contribution in [2.45, 2.75) is 90.4 Å². The van der Waals surface area contributed by atoms with Gasteiger partial charge in [0.25, 0.3) is 5.91 Å². The van der Waals surface area contributed by atoms with Gasteiger partial charge in [0.05, 0.1) is 6.04 Å². The van der Waals surface area contributed by atoms with Crippen molar-refractivity contribution in [3.8, 4) is 0 Å². The minimum Gasteiger partial charge on any atom is -0.386 e. The lowest BCUT2D eigenvalue weighted by atomic mass is 9.90. The van der Waals surface area contributed by atoms with Crippen molar-refractivity contribution in [1.82, 2.24) is 25.4 Å². The highest BCUT2D eigenvalue weighted by molar-refractivity contribution is 7.09. The monoisotopic (exact) mass is 523 g/mol. The van der Waals surface area contributed by atoms with E-state index < -0.39 is 12.1 Å². The second kappa shape index (κ2) is 14.0. The second-order valence-corrected chi connectivity index (χ2v) is 11.1. The van der Waals surface area contributed by atoms with E-state index in [9.17, 15) is 19.5 Å². The molecule has 3 N–H and O–H groups in total. The molecule has 0 aliphatic carbocycles. The van der Waals surface area contributed by atoms with Crippen LogP contribution in [0.25, 0.3) is 0 Å². The molecule has 0 bridgehead atoms. The molecule has 1 unspecified atom stereocenters. The summed E-state index contributed by atoms with van der Waals surface area (Å²) in [6.45, 7) is 9.00. The van der Waals surface area contributed by atoms with Crippen molar-refractivity contribution in [1.29, 1.82) is 0 Å². The standard InChI is InChI=1S/C26H45N5O4S/c1-8-17(9-2)22(29-24(34)19-12-10-11-13-30(19)6)26(35)31(7)20(16(3)4)14-21(32)25-28-18(15-36-25)23(33)27-5/h15-17,19-22,32H,8-14H2,1-7H3,(H,27,33)(H,29,34)/t19-,20-,21?,22+/m1/s1. The third-order valence-corrected chi connectivity index (χ3v) is 8.45. The zero-order valence-electron chi connectivity index (χ0n) is 22.9. The summed E-state index contributed by atoms with van der Waals surface area (Å²) in [6.07, 6.45) is 3.82. The van der Waals surface area contributed by atoms with Gasteiger partial charge in [0.1, 0.15) is 22.8 Å². The number of aliphatic hydroxyl groups excluding tert-OH is 1. The summed E-state index contributed by atoms with van der Waals surface area (Å²) in [5.74, 6) is -0.433. The summed E-state index contributed by atoms with van der Waals surface area (Å²) in [7, 11) is 5.26. The molecule has 0 radical (unpaired) electrons. The molecule has 0 saturated carbocycles. The molecule has 10 heteroatoms. The number of hydrogen-bond acceptors (Lipinski definition) is 7. The normalized spacial score (nSPS) is 19.1. The molecule has 1 aliphatic heterocycles. The highest BCUT2D eigenvalue weighted by Crippen LogP contribution is 2.28. The van der Waals surface area contributed by atoms with Gasteiger partial charge in [-0.1, -0.05) is 47.0 Å². The number of carbonyl (C=O) groups excluding carboxylic acids is 3. The first-order chi connectivity index (χ1) is 17.0. The Morgan fingerprint density at radius 2 is 1.92 bits per heavy atom. The molecule has 204 valence electrons. The fourth-order valence-electron chi connectivity index (χ4n) is 5.06. The van der Waals surface area contributed by atoms with E-state index in [0.717, 1.165) is 38.6 Å². The minimum atomic E-state index is -0.909. The quantitative estimate of drug-likeness (QED) is 0.388. The smallest absolute Gasteiger partial charge is 0.270 e. The van der Waals surface area contributed by atoms with Gasteiger partial charge in [0.2, 0.25) is 11.8 Å². The molecule has 1 saturated heterocycles. The molecule has 0 spiro atoms. The predicted molar refractivity (Wildman–Crippen MR) is 143 cm³/mol. The van der Waals surface area contributed by atoms with Crippen LogP contribution in [-0.2, 0) is 9.59 Å². The average molecular weight is 524 g/mol. The van der Waals surface area contributed by atoms with E-state index in [1.54, 1.807) is 17.3 Å². The fourth-order valence-corrected chi connectivity index (χ4v) is 5.86. The lowest BCUT2D eigenvalue weighted by Gasteiger charge is -2.38. The molecule has 36 heavy (non-hydrogen) atoms. The molecular formula is C26H45N5O4S. The zero-order chi connectivity index (χ0) is 27.0. The van der Waals surface area contributed by atoms with Crippen LogP contribution in [0.4, 0.5) is 0 Å². The van der Waals surface area contributed by atoms with Crippen LogP contribution in [0.1, 0.15) is 87.8 Å². The van der Waals surface area contributed by atoms with E-state index in [-0.39, 0.29) is 53.8 Å². The van der Waals surface area contributed by atoms with Crippen LogP contribution in [0.2, 0.25) is 0 Å². The first-order valence-electron chi connectivity index (χ1n) is 13.2. The molecule has 2 rings (SSSR count). The number of likely N-dealkylation sites (N-methyl/N-ethyl adjacent to an activating group) is 2. The first kappa shape index (κ1) is 30.2. The van der Waals surface area contributed by atoms with Gasteiger partial charge >= 0.3 is 0 Å². The topological polar surface area (TPSA) is 115 Å². The fraction of sp³-hybridized carbons (Fsp3) is 0.769. The molecule has 1 aromatic rings. The third kappa shape index (κ3) is 7.49. The zero-order valence-corrected chi connectivity index (χ0v) is 23.7. The number of likely N-dealkylation sites (tertiary alicyclic amines) is 1. The van der Waals surface area contributed by atoms with Gasteiger partial charge in [0.15, 0.2) is 0 Å². The van der Waals surface area contributed by atoms with E-state index in [2.05, 4.69) is 20.5 Å². The number of aliphatic hydroxyl groups is 1. The maximum Gasteiger partial charge on any atom is 0.270 e. The van der Waals surface area contributed by atoms with Gasteiger partial charge < -0.3 is 20.6 Å². The van der Waals surface area contributed by atoms with Gasteiger partial charge in [-0.3, -0.25) is 19.3 Å². The summed E-state index contributed by atoms with van der Waals surface area (Å²) in [4.78, 5) is 47.0. The number of thiazole rings is 1. The minimum absolute atomic E-state index is 0.0182. The van der Waals surface area contributed by atoms with Gasteiger partial charge in [-0.25, -0.2) is 4.98 Å². The highest BCUT2D eigenvalue weighted by atomic mass is 32.1. The van der Waals surface area contributed by atoms with Gasteiger partial charge in [0, 0.05) is 31.9 Å². The Balaban J connectivity index is 2.20. The molecular weight excluding hydrogens is 478 g/mol. The lowest BCUT2D eigenvalue weighted by molar-refractivity contribution is -0.141. The molecule has 1 aromatic heterocycles. The van der Waals surface area contributed by atoms with Crippen molar-refractivity contribution in [3.05, 3.63) is 16.1 Å². The van der Waals surface area contributed by atoms with Gasteiger partial charge in [-0.15, -0.1) is 11.3 Å². The Hall–Kier alpha value is -2.04. The maximum atomic E-state index is 13.8. The average Bonchev–Trinajstić information content (AvgIpc) is 3.36. The first-order valence-corrected chi connectivity index (χ1v) is 14.1. The van der Waals surface area contributed by atoms with E-state index in [0.29, 0.717) is 5.01 Å². The van der Waals surface area contributed by atoms with Crippen molar-refractivity contribution in [3.63, 3.8) is 0 Å². The lowest BCUT2D eigenvalue weighted by Crippen LogP contribution is -2.58. The van der Waals surface area contributed by atoms with Crippen molar-refractivity contribution in [2.75, 3.05) is 27.7 Å². The largest absolute Gasteiger partial charge is 0.386 e. The molecule has 0 aromatic carbocycles. The molecule has 9 nitrogen and oxygen atoms in total.